The van der Waals surface area contributed by atoms with Gasteiger partial charge in [-0.1, -0.05) is 12.1 Å². The van der Waals surface area contributed by atoms with Crippen LogP contribution >= 0.6 is 0 Å². The van der Waals surface area contributed by atoms with Crippen LogP contribution in [-0.4, -0.2) is 24.6 Å². The molecule has 0 atom stereocenters. The van der Waals surface area contributed by atoms with Crippen LogP contribution in [0.15, 0.2) is 67.3 Å². The molecule has 0 bridgehead atoms. The zero-order chi connectivity index (χ0) is 18.8. The second kappa shape index (κ2) is 6.87. The number of nitrogens with zero attached hydrogens (tertiary/aromatic N) is 4. The van der Waals surface area contributed by atoms with E-state index < -0.39 is 0 Å². The number of aromatic nitrogens is 5. The van der Waals surface area contributed by atoms with Gasteiger partial charge in [-0.3, -0.25) is 10.1 Å². The van der Waals surface area contributed by atoms with Crippen LogP contribution in [0.25, 0.3) is 27.8 Å². The van der Waals surface area contributed by atoms with Gasteiger partial charge in [0.25, 0.3) is 0 Å². The van der Waals surface area contributed by atoms with Crippen molar-refractivity contribution in [2.75, 3.05) is 5.73 Å². The molecule has 7 heteroatoms. The number of fused-ring (bicyclic) bond motifs is 2. The number of rotatable bonds is 1. The molecule has 0 saturated carbocycles. The van der Waals surface area contributed by atoms with E-state index in [4.69, 9.17) is 5.73 Å². The zero-order valence-electron chi connectivity index (χ0n) is 14.6. The van der Waals surface area contributed by atoms with Gasteiger partial charge < -0.3 is 10.1 Å². The van der Waals surface area contributed by atoms with Crippen LogP contribution in [0.5, 0.6) is 0 Å². The fourth-order valence-corrected chi connectivity index (χ4v) is 2.75. The van der Waals surface area contributed by atoms with E-state index >= 15 is 0 Å². The van der Waals surface area contributed by atoms with Gasteiger partial charge in [0.05, 0.1) is 11.7 Å². The summed E-state index contributed by atoms with van der Waals surface area (Å²) in [6.07, 6.45) is 7.13. The number of aromatic amines is 1. The molecule has 4 aromatic heterocycles. The Bertz CT molecular complexity index is 1210. The Hall–Kier alpha value is -3.74. The van der Waals surface area contributed by atoms with E-state index in [9.17, 15) is 4.39 Å². The molecular formula is C20H17FN6. The molecule has 5 rings (SSSR count). The highest BCUT2D eigenvalue weighted by molar-refractivity contribution is 5.79. The third kappa shape index (κ3) is 3.48. The maximum atomic E-state index is 12.8. The summed E-state index contributed by atoms with van der Waals surface area (Å²) in [5.41, 5.74) is 12.0. The monoisotopic (exact) mass is 360 g/mol. The summed E-state index contributed by atoms with van der Waals surface area (Å²) >= 11 is 0. The summed E-state index contributed by atoms with van der Waals surface area (Å²) in [6, 6.07) is 12.0. The van der Waals surface area contributed by atoms with Gasteiger partial charge in [0, 0.05) is 35.5 Å². The minimum Gasteiger partial charge on any atom is -0.398 e. The second-order valence-corrected chi connectivity index (χ2v) is 6.12. The first kappa shape index (κ1) is 16.7. The van der Waals surface area contributed by atoms with Crippen molar-refractivity contribution >= 4 is 22.4 Å². The predicted molar refractivity (Wildman–Crippen MR) is 104 cm³/mol. The van der Waals surface area contributed by atoms with Crippen molar-refractivity contribution in [2.45, 2.75) is 6.92 Å². The number of aryl methyl sites for hydroxylation is 1. The van der Waals surface area contributed by atoms with E-state index in [-0.39, 0.29) is 5.82 Å². The van der Waals surface area contributed by atoms with E-state index in [1.54, 1.807) is 24.5 Å². The van der Waals surface area contributed by atoms with Gasteiger partial charge >= 0.3 is 0 Å². The summed E-state index contributed by atoms with van der Waals surface area (Å²) < 4.78 is 14.7. The second-order valence-electron chi connectivity index (χ2n) is 6.12. The lowest BCUT2D eigenvalue weighted by molar-refractivity contribution is 0.628. The smallest absolute Gasteiger partial charge is 0.137 e. The third-order valence-corrected chi connectivity index (χ3v) is 4.18. The van der Waals surface area contributed by atoms with Gasteiger partial charge in [0.15, 0.2) is 0 Å². The van der Waals surface area contributed by atoms with Crippen LogP contribution in [0.1, 0.15) is 5.69 Å². The Kier molecular flexibility index (Phi) is 4.25. The molecule has 4 heterocycles. The first-order valence-electron chi connectivity index (χ1n) is 8.34. The number of anilines is 1. The van der Waals surface area contributed by atoms with Gasteiger partial charge in [-0.2, -0.15) is 5.10 Å². The standard InChI is InChI=1S/C12H8FN3.C8H9N3/c13-10-3-1-8(2-4-10)9-5-11-12(14-6-9)7-15-16-11;1-6-4-10-8-3-2-7(9)5-11(6)8/h1-7H,(H,15,16);2-5H,9H2,1H3. The van der Waals surface area contributed by atoms with Gasteiger partial charge in [-0.05, 0) is 42.8 Å². The van der Waals surface area contributed by atoms with Crippen molar-refractivity contribution in [2.24, 2.45) is 0 Å². The number of H-pyrrole nitrogens is 1. The zero-order valence-corrected chi connectivity index (χ0v) is 14.6. The van der Waals surface area contributed by atoms with Gasteiger partial charge in [0.1, 0.15) is 17.0 Å². The summed E-state index contributed by atoms with van der Waals surface area (Å²) in [5.74, 6) is -0.237. The quantitative estimate of drug-likeness (QED) is 0.473. The number of benzene rings is 1. The van der Waals surface area contributed by atoms with Crippen molar-refractivity contribution in [1.82, 2.24) is 24.6 Å². The highest BCUT2D eigenvalue weighted by Crippen LogP contribution is 2.21. The maximum absolute atomic E-state index is 12.8. The molecule has 27 heavy (non-hydrogen) atoms. The lowest BCUT2D eigenvalue weighted by Crippen LogP contribution is -1.91. The van der Waals surface area contributed by atoms with Crippen LogP contribution in [-0.2, 0) is 0 Å². The summed E-state index contributed by atoms with van der Waals surface area (Å²) in [4.78, 5) is 8.42. The van der Waals surface area contributed by atoms with E-state index in [0.717, 1.165) is 39.2 Å². The molecule has 0 aliphatic rings. The number of nitrogens with one attached hydrogen (secondary N) is 1. The lowest BCUT2D eigenvalue weighted by atomic mass is 10.1. The molecule has 0 spiro atoms. The number of pyridine rings is 2. The molecule has 0 unspecified atom stereocenters. The highest BCUT2D eigenvalue weighted by Gasteiger charge is 2.02. The molecule has 0 saturated heterocycles. The van der Waals surface area contributed by atoms with E-state index in [2.05, 4.69) is 20.2 Å². The SMILES string of the molecule is Cc1cnc2ccc(N)cn12.Fc1ccc(-c2cnc3cn[nH]c3c2)cc1. The number of imidazole rings is 1. The van der Waals surface area contributed by atoms with Crippen LogP contribution in [0.2, 0.25) is 0 Å². The van der Waals surface area contributed by atoms with E-state index in [0.29, 0.717) is 0 Å². The Morgan fingerprint density at radius 3 is 2.59 bits per heavy atom. The van der Waals surface area contributed by atoms with Gasteiger partial charge in [-0.15, -0.1) is 0 Å². The molecule has 0 aliphatic heterocycles. The fourth-order valence-electron chi connectivity index (χ4n) is 2.75. The minimum absolute atomic E-state index is 0.237. The van der Waals surface area contributed by atoms with Crippen molar-refractivity contribution in [1.29, 1.82) is 0 Å². The topological polar surface area (TPSA) is 84.9 Å². The fraction of sp³-hybridized carbons (Fsp3) is 0.0500. The third-order valence-electron chi connectivity index (χ3n) is 4.18. The predicted octanol–water partition coefficient (Wildman–Crippen LogP) is 3.99. The first-order valence-corrected chi connectivity index (χ1v) is 8.34. The normalized spacial score (nSPS) is 10.7. The van der Waals surface area contributed by atoms with Crippen LogP contribution in [0.3, 0.4) is 0 Å². The summed E-state index contributed by atoms with van der Waals surface area (Å²) in [6.45, 7) is 2.00. The Morgan fingerprint density at radius 2 is 1.78 bits per heavy atom. The Morgan fingerprint density at radius 1 is 0.963 bits per heavy atom. The molecule has 134 valence electrons. The first-order chi connectivity index (χ1) is 13.1. The van der Waals surface area contributed by atoms with Crippen molar-refractivity contribution in [3.63, 3.8) is 0 Å². The minimum atomic E-state index is -0.237. The molecule has 0 aliphatic carbocycles. The molecule has 5 aromatic rings. The van der Waals surface area contributed by atoms with Crippen molar-refractivity contribution in [3.8, 4) is 11.1 Å². The van der Waals surface area contributed by atoms with Crippen LogP contribution in [0, 0.1) is 12.7 Å². The summed E-state index contributed by atoms with van der Waals surface area (Å²) in [7, 11) is 0. The van der Waals surface area contributed by atoms with Gasteiger partial charge in [-0.25, -0.2) is 9.37 Å². The highest BCUT2D eigenvalue weighted by atomic mass is 19.1. The molecule has 0 fully saturated rings. The molecule has 1 aromatic carbocycles. The molecule has 0 radical (unpaired) electrons. The van der Waals surface area contributed by atoms with Crippen LogP contribution < -0.4 is 5.73 Å². The average molecular weight is 360 g/mol. The van der Waals surface area contributed by atoms with E-state index in [1.807, 2.05) is 41.9 Å². The number of hydrogen-bond donors (Lipinski definition) is 2. The number of hydrogen-bond acceptors (Lipinski definition) is 4. The van der Waals surface area contributed by atoms with Crippen molar-refractivity contribution in [3.05, 3.63) is 78.8 Å². The molecule has 3 N–H and O–H groups in total. The van der Waals surface area contributed by atoms with Gasteiger partial charge in [0.2, 0.25) is 0 Å². The molecule has 0 amide bonds. The number of halogens is 1. The largest absolute Gasteiger partial charge is 0.398 e. The van der Waals surface area contributed by atoms with E-state index in [1.165, 1.54) is 12.1 Å². The summed E-state index contributed by atoms with van der Waals surface area (Å²) in [5, 5.41) is 6.76. The lowest BCUT2D eigenvalue weighted by Gasteiger charge is -2.00. The molecule has 6 nitrogen and oxygen atoms in total. The van der Waals surface area contributed by atoms with Crippen molar-refractivity contribution < 1.29 is 4.39 Å². The Balaban J connectivity index is 0.000000143. The maximum Gasteiger partial charge on any atom is 0.137 e. The van der Waals surface area contributed by atoms with Crippen LogP contribution in [0.4, 0.5) is 10.1 Å². The Labute approximate surface area is 154 Å². The number of nitrogen functional groups attached to an aromatic ring is 1. The number of nitrogens with two attached hydrogens (primary N) is 1. The molecular weight excluding hydrogens is 343 g/mol. The average Bonchev–Trinajstić information content (AvgIpc) is 3.29.